The zero-order chi connectivity index (χ0) is 12.7. The maximum absolute atomic E-state index is 12.1. The van der Waals surface area contributed by atoms with Crippen LogP contribution in [0.1, 0.15) is 25.8 Å². The minimum Gasteiger partial charge on any atom is -0.487 e. The van der Waals surface area contributed by atoms with Crippen molar-refractivity contribution in [3.05, 3.63) is 23.8 Å². The highest BCUT2D eigenvalue weighted by atomic mass is 19.4. The van der Waals surface area contributed by atoms with E-state index in [-0.39, 0.29) is 11.4 Å². The molecule has 94 valence electrons. The number of benzene rings is 1. The standard InChI is InChI=1S/C12H13F3O2/c1-11(2)6-5-8-3-4-9(7-10(8)17-11)16-12(13,14)15/h3-4,7H,5-6H2,1-2H3. The van der Waals surface area contributed by atoms with E-state index in [0.717, 1.165) is 18.4 Å². The fourth-order valence-electron chi connectivity index (χ4n) is 1.82. The molecule has 2 nitrogen and oxygen atoms in total. The molecule has 1 aliphatic heterocycles. The normalized spacial score (nSPS) is 18.2. The van der Waals surface area contributed by atoms with Gasteiger partial charge in [-0.2, -0.15) is 0 Å². The summed E-state index contributed by atoms with van der Waals surface area (Å²) in [6, 6.07) is 4.23. The van der Waals surface area contributed by atoms with Crippen molar-refractivity contribution in [2.75, 3.05) is 0 Å². The molecule has 1 aromatic carbocycles. The number of aryl methyl sites for hydroxylation is 1. The zero-order valence-electron chi connectivity index (χ0n) is 9.60. The van der Waals surface area contributed by atoms with Gasteiger partial charge >= 0.3 is 6.36 Å². The Morgan fingerprint density at radius 2 is 2.00 bits per heavy atom. The number of hydrogen-bond acceptors (Lipinski definition) is 2. The van der Waals surface area contributed by atoms with Gasteiger partial charge in [0.05, 0.1) is 0 Å². The van der Waals surface area contributed by atoms with Crippen molar-refractivity contribution in [1.29, 1.82) is 0 Å². The summed E-state index contributed by atoms with van der Waals surface area (Å²) in [4.78, 5) is 0. The molecule has 0 bridgehead atoms. The third kappa shape index (κ3) is 3.05. The molecule has 0 N–H and O–H groups in total. The smallest absolute Gasteiger partial charge is 0.487 e. The molecule has 0 unspecified atom stereocenters. The Balaban J connectivity index is 2.24. The van der Waals surface area contributed by atoms with Gasteiger partial charge in [-0.15, -0.1) is 13.2 Å². The van der Waals surface area contributed by atoms with Crippen LogP contribution in [-0.4, -0.2) is 12.0 Å². The van der Waals surface area contributed by atoms with Gasteiger partial charge in [-0.3, -0.25) is 0 Å². The van der Waals surface area contributed by atoms with E-state index in [1.165, 1.54) is 12.1 Å². The van der Waals surface area contributed by atoms with E-state index in [1.54, 1.807) is 6.07 Å². The number of ether oxygens (including phenoxy) is 2. The van der Waals surface area contributed by atoms with E-state index in [2.05, 4.69) is 4.74 Å². The molecule has 0 atom stereocenters. The third-order valence-corrected chi connectivity index (χ3v) is 2.65. The highest BCUT2D eigenvalue weighted by Gasteiger charge is 2.32. The molecule has 0 saturated heterocycles. The van der Waals surface area contributed by atoms with E-state index < -0.39 is 6.36 Å². The van der Waals surface area contributed by atoms with Crippen molar-refractivity contribution < 1.29 is 22.6 Å². The Kier molecular flexibility index (Phi) is 2.72. The van der Waals surface area contributed by atoms with Crippen LogP contribution >= 0.6 is 0 Å². The second kappa shape index (κ2) is 3.82. The molecule has 0 spiro atoms. The van der Waals surface area contributed by atoms with Crippen LogP contribution in [0.3, 0.4) is 0 Å². The van der Waals surface area contributed by atoms with Crippen LogP contribution in [0.15, 0.2) is 18.2 Å². The summed E-state index contributed by atoms with van der Waals surface area (Å²) in [5, 5.41) is 0. The average Bonchev–Trinajstić information content (AvgIpc) is 2.12. The van der Waals surface area contributed by atoms with Gasteiger partial charge in [-0.05, 0) is 38.3 Å². The number of fused-ring (bicyclic) bond motifs is 1. The molecular formula is C12H13F3O2. The number of rotatable bonds is 1. The number of hydrogen-bond donors (Lipinski definition) is 0. The van der Waals surface area contributed by atoms with E-state index in [4.69, 9.17) is 4.74 Å². The van der Waals surface area contributed by atoms with Gasteiger partial charge in [0.25, 0.3) is 0 Å². The molecular weight excluding hydrogens is 233 g/mol. The Hall–Kier alpha value is -1.39. The maximum atomic E-state index is 12.1. The Morgan fingerprint density at radius 3 is 2.65 bits per heavy atom. The molecule has 1 aliphatic rings. The first-order valence-corrected chi connectivity index (χ1v) is 5.33. The van der Waals surface area contributed by atoms with Crippen molar-refractivity contribution in [3.8, 4) is 11.5 Å². The molecule has 0 saturated carbocycles. The maximum Gasteiger partial charge on any atom is 0.573 e. The minimum absolute atomic E-state index is 0.242. The molecule has 1 heterocycles. The van der Waals surface area contributed by atoms with Gasteiger partial charge in [0.15, 0.2) is 0 Å². The van der Waals surface area contributed by atoms with E-state index in [0.29, 0.717) is 5.75 Å². The zero-order valence-corrected chi connectivity index (χ0v) is 9.60. The second-order valence-corrected chi connectivity index (χ2v) is 4.68. The van der Waals surface area contributed by atoms with Crippen molar-refractivity contribution in [2.45, 2.75) is 38.7 Å². The lowest BCUT2D eigenvalue weighted by Crippen LogP contribution is -2.32. The van der Waals surface area contributed by atoms with Crippen LogP contribution < -0.4 is 9.47 Å². The van der Waals surface area contributed by atoms with Crippen LogP contribution in [-0.2, 0) is 6.42 Å². The summed E-state index contributed by atoms with van der Waals surface area (Å²) in [5.41, 5.74) is 0.572. The molecule has 0 radical (unpaired) electrons. The van der Waals surface area contributed by atoms with Gasteiger partial charge in [-0.25, -0.2) is 0 Å². The summed E-state index contributed by atoms with van der Waals surface area (Å²) in [6.07, 6.45) is -3.02. The average molecular weight is 246 g/mol. The minimum atomic E-state index is -4.67. The fraction of sp³-hybridized carbons (Fsp3) is 0.500. The van der Waals surface area contributed by atoms with Crippen LogP contribution in [0.2, 0.25) is 0 Å². The lowest BCUT2D eigenvalue weighted by Gasteiger charge is -2.32. The highest BCUT2D eigenvalue weighted by Crippen LogP contribution is 2.36. The van der Waals surface area contributed by atoms with Gasteiger partial charge in [0, 0.05) is 6.07 Å². The van der Waals surface area contributed by atoms with E-state index >= 15 is 0 Å². The monoisotopic (exact) mass is 246 g/mol. The van der Waals surface area contributed by atoms with Crippen LogP contribution in [0, 0.1) is 0 Å². The van der Waals surface area contributed by atoms with Crippen LogP contribution in [0.5, 0.6) is 11.5 Å². The van der Waals surface area contributed by atoms with Crippen molar-refractivity contribution in [2.24, 2.45) is 0 Å². The van der Waals surface area contributed by atoms with Crippen LogP contribution in [0.25, 0.3) is 0 Å². The van der Waals surface area contributed by atoms with Gasteiger partial charge in [-0.1, -0.05) is 6.07 Å². The molecule has 0 fully saturated rings. The van der Waals surface area contributed by atoms with Gasteiger partial charge < -0.3 is 9.47 Å². The first-order chi connectivity index (χ1) is 7.75. The number of halogens is 3. The predicted molar refractivity (Wildman–Crippen MR) is 56.2 cm³/mol. The Labute approximate surface area is 97.3 Å². The summed E-state index contributed by atoms with van der Waals surface area (Å²) in [6.45, 7) is 3.82. The molecule has 2 rings (SSSR count). The second-order valence-electron chi connectivity index (χ2n) is 4.68. The molecule has 17 heavy (non-hydrogen) atoms. The first kappa shape index (κ1) is 12.1. The Bertz CT molecular complexity index is 424. The SMILES string of the molecule is CC1(C)CCc2ccc(OC(F)(F)F)cc2O1. The van der Waals surface area contributed by atoms with Crippen LogP contribution in [0.4, 0.5) is 13.2 Å². The third-order valence-electron chi connectivity index (χ3n) is 2.65. The summed E-state index contributed by atoms with van der Waals surface area (Å²) in [5.74, 6) is 0.233. The molecule has 5 heteroatoms. The van der Waals surface area contributed by atoms with Crippen molar-refractivity contribution in [1.82, 2.24) is 0 Å². The highest BCUT2D eigenvalue weighted by molar-refractivity contribution is 5.42. The van der Waals surface area contributed by atoms with Gasteiger partial charge in [0.2, 0.25) is 0 Å². The fourth-order valence-corrected chi connectivity index (χ4v) is 1.82. The largest absolute Gasteiger partial charge is 0.573 e. The summed E-state index contributed by atoms with van der Waals surface area (Å²) < 4.78 is 45.7. The molecule has 0 amide bonds. The van der Waals surface area contributed by atoms with Gasteiger partial charge in [0.1, 0.15) is 17.1 Å². The van der Waals surface area contributed by atoms with E-state index in [9.17, 15) is 13.2 Å². The first-order valence-electron chi connectivity index (χ1n) is 5.33. The lowest BCUT2D eigenvalue weighted by atomic mass is 9.94. The molecule has 0 aromatic heterocycles. The summed E-state index contributed by atoms with van der Waals surface area (Å²) in [7, 11) is 0. The van der Waals surface area contributed by atoms with E-state index in [1.807, 2.05) is 13.8 Å². The topological polar surface area (TPSA) is 18.5 Å². The van der Waals surface area contributed by atoms with Crippen molar-refractivity contribution in [3.63, 3.8) is 0 Å². The van der Waals surface area contributed by atoms with Crippen molar-refractivity contribution >= 4 is 0 Å². The lowest BCUT2D eigenvalue weighted by molar-refractivity contribution is -0.274. The summed E-state index contributed by atoms with van der Waals surface area (Å²) >= 11 is 0. The quantitative estimate of drug-likeness (QED) is 0.752. The number of alkyl halides is 3. The molecule has 0 aliphatic carbocycles. The Morgan fingerprint density at radius 1 is 1.29 bits per heavy atom. The predicted octanol–water partition coefficient (Wildman–Crippen LogP) is 3.69. The molecule has 1 aromatic rings.